The molecule has 30 heavy (non-hydrogen) atoms. The van der Waals surface area contributed by atoms with Crippen molar-refractivity contribution in [3.05, 3.63) is 57.0 Å². The van der Waals surface area contributed by atoms with Gasteiger partial charge in [-0.3, -0.25) is 14.9 Å². The summed E-state index contributed by atoms with van der Waals surface area (Å²) in [6, 6.07) is 5.88. The number of alkyl halides is 3. The van der Waals surface area contributed by atoms with Gasteiger partial charge >= 0.3 is 12.1 Å². The Morgan fingerprint density at radius 2 is 2.13 bits per heavy atom. The lowest BCUT2D eigenvalue weighted by atomic mass is 10.1. The third kappa shape index (κ3) is 3.96. The molecule has 1 aliphatic rings. The van der Waals surface area contributed by atoms with E-state index in [2.05, 4.69) is 5.10 Å². The lowest BCUT2D eigenvalue weighted by Gasteiger charge is -2.32. The van der Waals surface area contributed by atoms with E-state index in [1.807, 2.05) is 0 Å². The van der Waals surface area contributed by atoms with Gasteiger partial charge in [-0.15, -0.1) is 0 Å². The number of nitrogens with zero attached hydrogens (tertiary/aromatic N) is 3. The van der Waals surface area contributed by atoms with Gasteiger partial charge in [0.1, 0.15) is 18.1 Å². The molecule has 2 aromatic rings. The van der Waals surface area contributed by atoms with Crippen molar-refractivity contribution in [1.29, 1.82) is 0 Å². The van der Waals surface area contributed by atoms with Gasteiger partial charge in [-0.05, 0) is 25.1 Å². The van der Waals surface area contributed by atoms with Gasteiger partial charge in [-0.1, -0.05) is 11.6 Å². The van der Waals surface area contributed by atoms with Crippen LogP contribution in [0.5, 0.6) is 5.75 Å². The molecular formula is C17H13ClF3N3O6. The number of nitro benzene ring substituents is 1. The number of non-ortho nitro benzene ring substituents is 1. The number of ether oxygens (including phenoxy) is 1. The van der Waals surface area contributed by atoms with Gasteiger partial charge in [0.15, 0.2) is 5.76 Å². The van der Waals surface area contributed by atoms with Crippen LogP contribution in [0.4, 0.5) is 18.9 Å². The normalized spacial score (nSPS) is 19.0. The van der Waals surface area contributed by atoms with E-state index in [-0.39, 0.29) is 39.5 Å². The molecule has 9 nitrogen and oxygen atoms in total. The molecule has 0 saturated heterocycles. The maximum absolute atomic E-state index is 13.3. The highest BCUT2D eigenvalue weighted by atomic mass is 35.5. The first-order valence-electron chi connectivity index (χ1n) is 8.25. The van der Waals surface area contributed by atoms with Crippen LogP contribution in [0, 0.1) is 10.1 Å². The van der Waals surface area contributed by atoms with Crippen molar-refractivity contribution in [2.24, 2.45) is 5.10 Å². The maximum atomic E-state index is 13.3. The summed E-state index contributed by atoms with van der Waals surface area (Å²) in [6.07, 6.45) is -6.02. The van der Waals surface area contributed by atoms with E-state index < -0.39 is 34.9 Å². The van der Waals surface area contributed by atoms with Crippen LogP contribution in [-0.4, -0.2) is 38.6 Å². The smallest absolute Gasteiger partial charge is 0.438 e. The molecule has 0 spiro atoms. The highest BCUT2D eigenvalue weighted by Gasteiger charge is 2.63. The lowest BCUT2D eigenvalue weighted by molar-refractivity contribution is -0.384. The minimum absolute atomic E-state index is 0.0244. The number of amides is 1. The number of nitro groups is 1. The van der Waals surface area contributed by atoms with Gasteiger partial charge in [0.2, 0.25) is 0 Å². The number of furan rings is 1. The monoisotopic (exact) mass is 447 g/mol. The van der Waals surface area contributed by atoms with Crippen LogP contribution >= 0.6 is 11.6 Å². The molecule has 3 rings (SSSR count). The molecule has 1 aromatic heterocycles. The Morgan fingerprint density at radius 3 is 2.77 bits per heavy atom. The highest BCUT2D eigenvalue weighted by molar-refractivity contribution is 6.32. The summed E-state index contributed by atoms with van der Waals surface area (Å²) in [5.41, 5.74) is -3.83. The molecule has 1 aliphatic heterocycles. The molecule has 0 aliphatic carbocycles. The lowest BCUT2D eigenvalue weighted by Crippen LogP contribution is -2.56. The Bertz CT molecular complexity index is 1040. The molecule has 0 fully saturated rings. The number of hydrazone groups is 1. The number of hydrogen-bond donors (Lipinski definition) is 1. The zero-order valence-corrected chi connectivity index (χ0v) is 15.9. The molecule has 1 aromatic carbocycles. The first kappa shape index (κ1) is 21.6. The van der Waals surface area contributed by atoms with Crippen molar-refractivity contribution in [2.45, 2.75) is 31.9 Å². The van der Waals surface area contributed by atoms with E-state index >= 15 is 0 Å². The minimum Gasteiger partial charge on any atom is -0.484 e. The molecule has 0 saturated carbocycles. The molecule has 1 N–H and O–H groups in total. The van der Waals surface area contributed by atoms with E-state index in [1.165, 1.54) is 25.1 Å². The van der Waals surface area contributed by atoms with Crippen LogP contribution in [0.1, 0.15) is 29.7 Å². The first-order chi connectivity index (χ1) is 13.9. The third-order valence-corrected chi connectivity index (χ3v) is 4.45. The van der Waals surface area contributed by atoms with Crippen molar-refractivity contribution < 1.29 is 37.1 Å². The molecule has 2 heterocycles. The second-order valence-corrected chi connectivity index (χ2v) is 6.78. The zero-order chi connectivity index (χ0) is 22.3. The number of hydrogen-bond acceptors (Lipinski definition) is 7. The van der Waals surface area contributed by atoms with Crippen LogP contribution in [0.2, 0.25) is 5.02 Å². The third-order valence-electron chi connectivity index (χ3n) is 4.14. The molecular weight excluding hydrogens is 435 g/mol. The Hall–Kier alpha value is -3.12. The van der Waals surface area contributed by atoms with E-state index in [0.29, 0.717) is 0 Å². The number of carbonyl (C=O) groups excluding carboxylic acids is 1. The Morgan fingerprint density at radius 1 is 1.43 bits per heavy atom. The molecule has 1 atom stereocenters. The molecule has 1 amide bonds. The van der Waals surface area contributed by atoms with Crippen LogP contribution < -0.4 is 4.74 Å². The molecule has 0 unspecified atom stereocenters. The van der Waals surface area contributed by atoms with Crippen LogP contribution in [-0.2, 0) is 6.61 Å². The van der Waals surface area contributed by atoms with Crippen LogP contribution in [0.3, 0.4) is 0 Å². The second-order valence-electron chi connectivity index (χ2n) is 6.37. The fourth-order valence-corrected chi connectivity index (χ4v) is 2.87. The number of carbonyl (C=O) groups is 1. The van der Waals surface area contributed by atoms with Crippen molar-refractivity contribution >= 4 is 28.9 Å². The summed E-state index contributed by atoms with van der Waals surface area (Å²) in [5.74, 6) is -1.82. The van der Waals surface area contributed by atoms with Crippen LogP contribution in [0.25, 0.3) is 0 Å². The average Bonchev–Trinajstić information content (AvgIpc) is 3.24. The summed E-state index contributed by atoms with van der Waals surface area (Å²) < 4.78 is 50.3. The largest absolute Gasteiger partial charge is 0.484 e. The predicted octanol–water partition coefficient (Wildman–Crippen LogP) is 3.89. The van der Waals surface area contributed by atoms with Crippen molar-refractivity contribution in [3.63, 3.8) is 0 Å². The topological polar surface area (TPSA) is 118 Å². The second kappa shape index (κ2) is 7.61. The molecule has 13 heteroatoms. The molecule has 160 valence electrons. The average molecular weight is 448 g/mol. The van der Waals surface area contributed by atoms with Gasteiger partial charge in [-0.25, -0.2) is 0 Å². The summed E-state index contributed by atoms with van der Waals surface area (Å²) in [6.45, 7) is 0.925. The predicted molar refractivity (Wildman–Crippen MR) is 96.0 cm³/mol. The van der Waals surface area contributed by atoms with Crippen molar-refractivity contribution in [3.8, 4) is 5.75 Å². The summed E-state index contributed by atoms with van der Waals surface area (Å²) >= 11 is 5.91. The van der Waals surface area contributed by atoms with Gasteiger partial charge in [-0.2, -0.15) is 23.3 Å². The Kier molecular flexibility index (Phi) is 5.48. The summed E-state index contributed by atoms with van der Waals surface area (Å²) in [7, 11) is 0. The number of halogens is 4. The standard InChI is InChI=1S/C17H13ClF3N3O6/c1-9-7-16(26,17(19,20)21)23(22-9)15(25)13-5-3-11(30-13)8-29-14-6-10(24(27)28)2-4-12(14)18/h2-6,26H,7-8H2,1H3/t16-/m1/s1. The van der Waals surface area contributed by atoms with E-state index in [4.69, 9.17) is 20.8 Å². The zero-order valence-electron chi connectivity index (χ0n) is 15.1. The summed E-state index contributed by atoms with van der Waals surface area (Å²) in [5, 5.41) is 24.3. The maximum Gasteiger partial charge on any atom is 0.438 e. The van der Waals surface area contributed by atoms with Gasteiger partial charge in [0, 0.05) is 18.2 Å². The fraction of sp³-hybridized carbons (Fsp3) is 0.294. The molecule has 0 bridgehead atoms. The quantitative estimate of drug-likeness (QED) is 0.548. The Balaban J connectivity index is 1.76. The van der Waals surface area contributed by atoms with Crippen molar-refractivity contribution in [1.82, 2.24) is 5.01 Å². The molecule has 0 radical (unpaired) electrons. The SMILES string of the molecule is CC1=NN(C(=O)c2ccc(COc3cc([N+](=O)[O-])ccc3Cl)o2)[C@](O)(C(F)(F)F)C1. The van der Waals surface area contributed by atoms with Gasteiger partial charge in [0.25, 0.3) is 11.4 Å². The highest BCUT2D eigenvalue weighted by Crippen LogP contribution is 2.41. The van der Waals surface area contributed by atoms with Gasteiger partial charge < -0.3 is 14.3 Å². The number of benzene rings is 1. The van der Waals surface area contributed by atoms with E-state index in [0.717, 1.165) is 12.1 Å². The van der Waals surface area contributed by atoms with Crippen molar-refractivity contribution in [2.75, 3.05) is 0 Å². The number of rotatable bonds is 5. The fourth-order valence-electron chi connectivity index (χ4n) is 2.69. The minimum atomic E-state index is -5.14. The Labute approximate surface area is 171 Å². The first-order valence-corrected chi connectivity index (χ1v) is 8.63. The van der Waals surface area contributed by atoms with Crippen LogP contribution in [0.15, 0.2) is 39.9 Å². The van der Waals surface area contributed by atoms with Gasteiger partial charge in [0.05, 0.1) is 16.0 Å². The summed E-state index contributed by atoms with van der Waals surface area (Å²) in [4.78, 5) is 22.6. The van der Waals surface area contributed by atoms with E-state index in [9.17, 15) is 33.2 Å². The van der Waals surface area contributed by atoms with E-state index in [1.54, 1.807) is 0 Å². The number of aliphatic hydroxyl groups is 1.